The minimum absolute atomic E-state index is 0.324. The molecular weight excluding hydrogens is 362 g/mol. The largest absolute Gasteiger partial charge is 0.497 e. The van der Waals surface area contributed by atoms with Crippen LogP contribution in [0.15, 0.2) is 30.5 Å². The number of unbranched alkanes of at least 4 members (excludes halogenated alkanes) is 4. The highest BCUT2D eigenvalue weighted by molar-refractivity contribution is 5.83. The molecule has 5 heteroatoms. The Hall–Kier alpha value is -1.69. The first-order valence-corrected chi connectivity index (χ1v) is 11.3. The van der Waals surface area contributed by atoms with Crippen molar-refractivity contribution in [2.75, 3.05) is 20.2 Å². The number of ether oxygens (including phenoxy) is 1. The quantitative estimate of drug-likeness (QED) is 0.490. The summed E-state index contributed by atoms with van der Waals surface area (Å²) in [6, 6.07) is 8.63. The molecule has 3 N–H and O–H groups in total. The molecule has 2 aromatic rings. The summed E-state index contributed by atoms with van der Waals surface area (Å²) in [5.74, 6) is 0.790. The van der Waals surface area contributed by atoms with Crippen molar-refractivity contribution in [1.29, 1.82) is 0 Å². The highest BCUT2D eigenvalue weighted by atomic mass is 16.5. The van der Waals surface area contributed by atoms with E-state index in [-0.39, 0.29) is 0 Å². The van der Waals surface area contributed by atoms with Crippen molar-refractivity contribution in [1.82, 2.24) is 15.6 Å². The normalized spacial score (nSPS) is 20.7. The van der Waals surface area contributed by atoms with E-state index in [9.17, 15) is 5.11 Å². The van der Waals surface area contributed by atoms with Gasteiger partial charge in [0.05, 0.1) is 18.7 Å². The Morgan fingerprint density at radius 1 is 1.24 bits per heavy atom. The maximum absolute atomic E-state index is 11.0. The number of fused-ring (bicyclic) bond motifs is 1. The van der Waals surface area contributed by atoms with E-state index in [1.807, 2.05) is 24.3 Å². The Balaban J connectivity index is 1.54. The second kappa shape index (κ2) is 11.5. The van der Waals surface area contributed by atoms with Crippen molar-refractivity contribution in [3.8, 4) is 5.75 Å². The molecule has 2 unspecified atom stereocenters. The minimum Gasteiger partial charge on any atom is -0.497 e. The number of nitrogens with zero attached hydrogens (tertiary/aromatic N) is 1. The summed E-state index contributed by atoms with van der Waals surface area (Å²) in [5.41, 5.74) is 1.82. The fourth-order valence-electron chi connectivity index (χ4n) is 4.37. The summed E-state index contributed by atoms with van der Waals surface area (Å²) in [5, 5.41) is 19.3. The van der Waals surface area contributed by atoms with Crippen molar-refractivity contribution < 1.29 is 9.84 Å². The number of benzene rings is 1. The molecule has 5 nitrogen and oxygen atoms in total. The number of methoxy groups -OCH3 is 1. The predicted octanol–water partition coefficient (Wildman–Crippen LogP) is 4.35. The second-order valence-electron chi connectivity index (χ2n) is 8.28. The molecule has 1 aromatic heterocycles. The summed E-state index contributed by atoms with van der Waals surface area (Å²) >= 11 is 0. The standard InChI is InChI=1S/C24H37N3O2/c1-3-4-5-6-7-12-25-18-10-13-26-19(15-18)16-24(28)21-11-14-27-23-9-8-20(29-2)17-22(21)23/h8-9,11,14,17-19,24-26,28H,3-7,10,12-13,15-16H2,1-2H3/t18?,19-,24?/m1/s1. The van der Waals surface area contributed by atoms with Gasteiger partial charge >= 0.3 is 0 Å². The molecule has 0 spiro atoms. The van der Waals surface area contributed by atoms with Gasteiger partial charge in [-0.15, -0.1) is 0 Å². The average molecular weight is 400 g/mol. The van der Waals surface area contributed by atoms with E-state index in [0.717, 1.165) is 48.1 Å². The highest BCUT2D eigenvalue weighted by Gasteiger charge is 2.24. The Morgan fingerprint density at radius 3 is 2.93 bits per heavy atom. The third-order valence-corrected chi connectivity index (χ3v) is 6.06. The Kier molecular flexibility index (Phi) is 8.71. The molecule has 0 radical (unpaired) electrons. The van der Waals surface area contributed by atoms with Crippen molar-refractivity contribution in [3.63, 3.8) is 0 Å². The van der Waals surface area contributed by atoms with Crippen LogP contribution in [0.4, 0.5) is 0 Å². The van der Waals surface area contributed by atoms with Crippen LogP contribution in [-0.4, -0.2) is 42.4 Å². The second-order valence-corrected chi connectivity index (χ2v) is 8.28. The summed E-state index contributed by atoms with van der Waals surface area (Å²) in [7, 11) is 1.66. The van der Waals surface area contributed by atoms with Gasteiger partial charge in [0, 0.05) is 23.7 Å². The summed E-state index contributed by atoms with van der Waals surface area (Å²) in [6.07, 6.45) is 10.8. The number of aliphatic hydroxyl groups is 1. The number of hydrogen-bond donors (Lipinski definition) is 3. The molecule has 29 heavy (non-hydrogen) atoms. The van der Waals surface area contributed by atoms with Crippen LogP contribution in [0.5, 0.6) is 5.75 Å². The Morgan fingerprint density at radius 2 is 2.10 bits per heavy atom. The Bertz CT molecular complexity index is 752. The minimum atomic E-state index is -0.516. The number of piperidine rings is 1. The maximum Gasteiger partial charge on any atom is 0.119 e. The lowest BCUT2D eigenvalue weighted by atomic mass is 9.92. The first-order chi connectivity index (χ1) is 14.2. The van der Waals surface area contributed by atoms with Gasteiger partial charge in [-0.25, -0.2) is 0 Å². The number of hydrogen-bond acceptors (Lipinski definition) is 5. The molecule has 3 atom stereocenters. The van der Waals surface area contributed by atoms with Gasteiger partial charge in [-0.2, -0.15) is 0 Å². The number of nitrogens with one attached hydrogen (secondary N) is 2. The lowest BCUT2D eigenvalue weighted by molar-refractivity contribution is 0.141. The third kappa shape index (κ3) is 6.39. The number of pyridine rings is 1. The van der Waals surface area contributed by atoms with Crippen LogP contribution >= 0.6 is 0 Å². The van der Waals surface area contributed by atoms with Crippen LogP contribution < -0.4 is 15.4 Å². The topological polar surface area (TPSA) is 66.4 Å². The number of aliphatic hydroxyl groups excluding tert-OH is 1. The molecule has 160 valence electrons. The van der Waals surface area contributed by atoms with Gasteiger partial charge in [0.1, 0.15) is 5.75 Å². The summed E-state index contributed by atoms with van der Waals surface area (Å²) < 4.78 is 5.36. The van der Waals surface area contributed by atoms with E-state index in [4.69, 9.17) is 4.74 Å². The van der Waals surface area contributed by atoms with E-state index >= 15 is 0 Å². The zero-order valence-electron chi connectivity index (χ0n) is 18.0. The molecule has 0 saturated carbocycles. The molecule has 1 saturated heterocycles. The zero-order chi connectivity index (χ0) is 20.5. The van der Waals surface area contributed by atoms with Crippen LogP contribution in [0.2, 0.25) is 0 Å². The lowest BCUT2D eigenvalue weighted by Gasteiger charge is -2.32. The monoisotopic (exact) mass is 399 g/mol. The van der Waals surface area contributed by atoms with Gasteiger partial charge in [-0.05, 0) is 68.6 Å². The molecule has 3 rings (SSSR count). The van der Waals surface area contributed by atoms with Gasteiger partial charge < -0.3 is 20.5 Å². The predicted molar refractivity (Wildman–Crippen MR) is 119 cm³/mol. The summed E-state index contributed by atoms with van der Waals surface area (Å²) in [6.45, 7) is 4.38. The van der Waals surface area contributed by atoms with Crippen LogP contribution in [0, 0.1) is 0 Å². The molecule has 2 heterocycles. The lowest BCUT2D eigenvalue weighted by Crippen LogP contribution is -2.46. The van der Waals surface area contributed by atoms with E-state index in [2.05, 4.69) is 22.5 Å². The van der Waals surface area contributed by atoms with Crippen LogP contribution in [-0.2, 0) is 0 Å². The van der Waals surface area contributed by atoms with E-state index in [0.29, 0.717) is 18.5 Å². The number of rotatable bonds is 11. The van der Waals surface area contributed by atoms with E-state index < -0.39 is 6.10 Å². The molecule has 0 aliphatic carbocycles. The van der Waals surface area contributed by atoms with Gasteiger partial charge in [0.15, 0.2) is 0 Å². The van der Waals surface area contributed by atoms with Crippen molar-refractivity contribution in [2.24, 2.45) is 0 Å². The van der Waals surface area contributed by atoms with Crippen LogP contribution in [0.3, 0.4) is 0 Å². The SMILES string of the molecule is CCCCCCCNC1CCN[C@@H](CC(O)c2ccnc3ccc(OC)cc23)C1. The third-order valence-electron chi connectivity index (χ3n) is 6.06. The highest BCUT2D eigenvalue weighted by Crippen LogP contribution is 2.30. The maximum atomic E-state index is 11.0. The van der Waals surface area contributed by atoms with E-state index in [1.165, 1.54) is 32.1 Å². The molecule has 1 aliphatic heterocycles. The average Bonchev–Trinajstić information content (AvgIpc) is 2.75. The fourth-order valence-corrected chi connectivity index (χ4v) is 4.37. The first-order valence-electron chi connectivity index (χ1n) is 11.3. The number of aromatic nitrogens is 1. The van der Waals surface area contributed by atoms with Gasteiger partial charge in [-0.3, -0.25) is 4.98 Å². The molecule has 1 fully saturated rings. The molecule has 1 aliphatic rings. The first kappa shape index (κ1) is 22.0. The van der Waals surface area contributed by atoms with Gasteiger partial charge in [0.2, 0.25) is 0 Å². The van der Waals surface area contributed by atoms with Crippen LogP contribution in [0.1, 0.15) is 70.0 Å². The molecule has 1 aromatic carbocycles. The van der Waals surface area contributed by atoms with Crippen molar-refractivity contribution in [3.05, 3.63) is 36.0 Å². The van der Waals surface area contributed by atoms with Crippen molar-refractivity contribution >= 4 is 10.9 Å². The zero-order valence-corrected chi connectivity index (χ0v) is 18.0. The smallest absolute Gasteiger partial charge is 0.119 e. The summed E-state index contributed by atoms with van der Waals surface area (Å²) in [4.78, 5) is 4.43. The van der Waals surface area contributed by atoms with E-state index in [1.54, 1.807) is 13.3 Å². The van der Waals surface area contributed by atoms with Crippen LogP contribution in [0.25, 0.3) is 10.9 Å². The molecular formula is C24H37N3O2. The van der Waals surface area contributed by atoms with Gasteiger partial charge in [0.25, 0.3) is 0 Å². The fraction of sp³-hybridized carbons (Fsp3) is 0.625. The molecule has 0 bridgehead atoms. The van der Waals surface area contributed by atoms with Gasteiger partial charge in [-0.1, -0.05) is 32.6 Å². The molecule has 0 amide bonds. The Labute approximate surface area is 175 Å². The van der Waals surface area contributed by atoms with Crippen molar-refractivity contribution in [2.45, 2.75) is 76.5 Å².